The van der Waals surface area contributed by atoms with Crippen molar-refractivity contribution in [1.82, 2.24) is 4.57 Å². The zero-order chi connectivity index (χ0) is 23.2. The summed E-state index contributed by atoms with van der Waals surface area (Å²) in [5, 5.41) is 0.671. The van der Waals surface area contributed by atoms with E-state index in [0.717, 1.165) is 45.8 Å². The van der Waals surface area contributed by atoms with Gasteiger partial charge in [0.15, 0.2) is 4.80 Å². The van der Waals surface area contributed by atoms with E-state index in [-0.39, 0.29) is 11.6 Å². The first kappa shape index (κ1) is 21.1. The van der Waals surface area contributed by atoms with Gasteiger partial charge in [0, 0.05) is 10.6 Å². The molecule has 0 bridgehead atoms. The molecule has 4 aromatic rings. The molecule has 2 aliphatic rings. The fourth-order valence-electron chi connectivity index (χ4n) is 4.82. The molecular weight excluding hydrogens is 464 g/mol. The summed E-state index contributed by atoms with van der Waals surface area (Å²) >= 11 is 7.48. The Morgan fingerprint density at radius 2 is 1.79 bits per heavy atom. The number of rotatable bonds is 3. The van der Waals surface area contributed by atoms with E-state index in [1.807, 2.05) is 47.0 Å². The van der Waals surface area contributed by atoms with Crippen LogP contribution in [0.15, 0.2) is 88.2 Å². The molecule has 0 spiro atoms. The minimum atomic E-state index is -0.196. The van der Waals surface area contributed by atoms with E-state index in [1.165, 1.54) is 22.5 Å². The molecule has 34 heavy (non-hydrogen) atoms. The molecule has 4 nitrogen and oxygen atoms in total. The molecule has 1 aliphatic carbocycles. The van der Waals surface area contributed by atoms with Crippen LogP contribution in [0.5, 0.6) is 5.75 Å². The van der Waals surface area contributed by atoms with Crippen LogP contribution >= 0.6 is 22.9 Å². The van der Waals surface area contributed by atoms with E-state index in [0.29, 0.717) is 9.55 Å². The van der Waals surface area contributed by atoms with Crippen LogP contribution in [0.4, 0.5) is 0 Å². The number of aromatic nitrogens is 1. The third-order valence-corrected chi connectivity index (χ3v) is 7.71. The van der Waals surface area contributed by atoms with Crippen LogP contribution in [0, 0.1) is 0 Å². The predicted octanol–water partition coefficient (Wildman–Crippen LogP) is 4.98. The van der Waals surface area contributed by atoms with E-state index in [4.69, 9.17) is 21.3 Å². The molecule has 1 aromatic heterocycles. The Kier molecular flexibility index (Phi) is 5.24. The van der Waals surface area contributed by atoms with Crippen LogP contribution in [0.3, 0.4) is 0 Å². The van der Waals surface area contributed by atoms with Gasteiger partial charge in [-0.05, 0) is 65.4 Å². The van der Waals surface area contributed by atoms with E-state index in [9.17, 15) is 4.79 Å². The van der Waals surface area contributed by atoms with Crippen LogP contribution in [-0.4, -0.2) is 11.7 Å². The Bertz CT molecular complexity index is 1610. The van der Waals surface area contributed by atoms with Crippen molar-refractivity contribution in [1.29, 1.82) is 0 Å². The van der Waals surface area contributed by atoms with Gasteiger partial charge in [-0.15, -0.1) is 0 Å². The molecule has 6 rings (SSSR count). The minimum absolute atomic E-state index is 0.0232. The maximum absolute atomic E-state index is 13.7. The Morgan fingerprint density at radius 3 is 2.56 bits per heavy atom. The average Bonchev–Trinajstić information content (AvgIpc) is 3.18. The highest BCUT2D eigenvalue weighted by molar-refractivity contribution is 7.07. The minimum Gasteiger partial charge on any atom is -0.497 e. The van der Waals surface area contributed by atoms with Crippen molar-refractivity contribution < 1.29 is 4.74 Å². The monoisotopic (exact) mass is 484 g/mol. The molecule has 1 aliphatic heterocycles. The van der Waals surface area contributed by atoms with E-state index < -0.39 is 0 Å². The second-order valence-electron chi connectivity index (χ2n) is 8.44. The molecule has 0 N–H and O–H groups in total. The van der Waals surface area contributed by atoms with E-state index >= 15 is 0 Å². The second kappa shape index (κ2) is 8.42. The van der Waals surface area contributed by atoms with Crippen molar-refractivity contribution in [2.75, 3.05) is 7.11 Å². The summed E-state index contributed by atoms with van der Waals surface area (Å²) < 4.78 is 7.89. The molecule has 6 heteroatoms. The van der Waals surface area contributed by atoms with Crippen molar-refractivity contribution >= 4 is 34.7 Å². The molecule has 3 aromatic carbocycles. The number of fused-ring (bicyclic) bond motifs is 3. The van der Waals surface area contributed by atoms with Crippen molar-refractivity contribution in [3.8, 4) is 5.75 Å². The van der Waals surface area contributed by atoms with Crippen molar-refractivity contribution in [2.24, 2.45) is 4.99 Å². The van der Waals surface area contributed by atoms with Gasteiger partial charge in [-0.2, -0.15) is 0 Å². The lowest BCUT2D eigenvalue weighted by molar-refractivity contribution is 0.414. The fourth-order valence-corrected chi connectivity index (χ4v) is 5.95. The quantitative estimate of drug-likeness (QED) is 0.411. The maximum Gasteiger partial charge on any atom is 0.271 e. The fraction of sp³-hybridized carbons (Fsp3) is 0.143. The summed E-state index contributed by atoms with van der Waals surface area (Å²) in [6, 6.07) is 23.8. The zero-order valence-electron chi connectivity index (χ0n) is 18.5. The molecule has 0 saturated heterocycles. The first-order valence-corrected chi connectivity index (χ1v) is 12.3. The molecule has 0 radical (unpaired) electrons. The number of allylic oxidation sites excluding steroid dienone is 1. The summed E-state index contributed by atoms with van der Waals surface area (Å²) in [5.41, 5.74) is 6.63. The summed E-state index contributed by atoms with van der Waals surface area (Å²) in [6.07, 6.45) is 3.72. The van der Waals surface area contributed by atoms with Crippen molar-refractivity contribution in [2.45, 2.75) is 18.9 Å². The number of halogens is 1. The molecule has 0 unspecified atom stereocenters. The number of nitrogens with zero attached hydrogens (tertiary/aromatic N) is 2. The lowest BCUT2D eigenvalue weighted by atomic mass is 9.83. The Morgan fingerprint density at radius 1 is 1.03 bits per heavy atom. The zero-order valence-corrected chi connectivity index (χ0v) is 20.1. The van der Waals surface area contributed by atoms with Gasteiger partial charge in [0.05, 0.1) is 23.4 Å². The van der Waals surface area contributed by atoms with Gasteiger partial charge in [0.25, 0.3) is 5.56 Å². The predicted molar refractivity (Wildman–Crippen MR) is 137 cm³/mol. The van der Waals surface area contributed by atoms with Gasteiger partial charge in [-0.1, -0.05) is 71.5 Å². The number of hydrogen-bond acceptors (Lipinski definition) is 4. The van der Waals surface area contributed by atoms with Gasteiger partial charge < -0.3 is 4.74 Å². The molecule has 0 fully saturated rings. The molecule has 0 saturated carbocycles. The normalized spacial score (nSPS) is 17.0. The molecular formula is C28H21ClN2O2S. The van der Waals surface area contributed by atoms with Crippen LogP contribution in [0.25, 0.3) is 11.8 Å². The van der Waals surface area contributed by atoms with Gasteiger partial charge in [-0.3, -0.25) is 9.36 Å². The summed E-state index contributed by atoms with van der Waals surface area (Å²) in [4.78, 5) is 19.5. The number of hydrogen-bond donors (Lipinski definition) is 0. The van der Waals surface area contributed by atoms with Crippen molar-refractivity contribution in [3.05, 3.63) is 125 Å². The van der Waals surface area contributed by atoms with Gasteiger partial charge in [-0.25, -0.2) is 4.99 Å². The first-order valence-electron chi connectivity index (χ1n) is 11.1. The summed E-state index contributed by atoms with van der Waals surface area (Å²) in [5.74, 6) is 0.794. The van der Waals surface area contributed by atoms with Gasteiger partial charge in [0.2, 0.25) is 0 Å². The number of thiazole rings is 1. The second-order valence-corrected chi connectivity index (χ2v) is 9.88. The van der Waals surface area contributed by atoms with Gasteiger partial charge in [0.1, 0.15) is 5.75 Å². The van der Waals surface area contributed by atoms with Crippen LogP contribution in [0.2, 0.25) is 5.02 Å². The maximum atomic E-state index is 13.7. The largest absolute Gasteiger partial charge is 0.497 e. The standard InChI is InChI=1S/C28H21ClN2O2S/c1-33-21-13-8-19(9-14-21)26-23-15-10-18-4-2-3-5-22(18)25(23)30-28-31(26)27(32)24(34-28)16-17-6-11-20(29)12-7-17/h2-9,11-14,16,26H,10,15H2,1H3/b24-16+/t26-/m0/s1. The molecule has 0 amide bonds. The summed E-state index contributed by atoms with van der Waals surface area (Å²) in [7, 11) is 1.66. The highest BCUT2D eigenvalue weighted by Gasteiger charge is 2.32. The van der Waals surface area contributed by atoms with Crippen LogP contribution in [-0.2, 0) is 6.42 Å². The number of ether oxygens (including phenoxy) is 1. The average molecular weight is 485 g/mol. The van der Waals surface area contributed by atoms with Crippen LogP contribution < -0.4 is 19.6 Å². The molecule has 2 heterocycles. The van der Waals surface area contributed by atoms with Gasteiger partial charge >= 0.3 is 0 Å². The molecule has 1 atom stereocenters. The lowest BCUT2D eigenvalue weighted by Crippen LogP contribution is -2.38. The third kappa shape index (κ3) is 3.52. The lowest BCUT2D eigenvalue weighted by Gasteiger charge is -2.30. The number of aryl methyl sites for hydroxylation is 1. The number of methoxy groups -OCH3 is 1. The molecule has 168 valence electrons. The Balaban J connectivity index is 1.60. The Labute approximate surface area is 205 Å². The van der Waals surface area contributed by atoms with Crippen molar-refractivity contribution in [3.63, 3.8) is 0 Å². The third-order valence-electron chi connectivity index (χ3n) is 6.47. The highest BCUT2D eigenvalue weighted by atomic mass is 35.5. The number of benzene rings is 3. The van der Waals surface area contributed by atoms with Crippen LogP contribution in [0.1, 0.15) is 34.7 Å². The summed E-state index contributed by atoms with van der Waals surface area (Å²) in [6.45, 7) is 0. The highest BCUT2D eigenvalue weighted by Crippen LogP contribution is 2.41. The first-order chi connectivity index (χ1) is 16.6. The van der Waals surface area contributed by atoms with E-state index in [2.05, 4.69) is 36.4 Å². The Hall–Kier alpha value is -3.41. The smallest absolute Gasteiger partial charge is 0.271 e. The SMILES string of the molecule is COc1ccc([C@H]2C3=C(N=c4s/c(=C/c5ccc(Cl)cc5)c(=O)n42)c2ccccc2CC3)cc1. The topological polar surface area (TPSA) is 43.6 Å². The van der Waals surface area contributed by atoms with E-state index in [1.54, 1.807) is 7.11 Å².